The van der Waals surface area contributed by atoms with Gasteiger partial charge in [0, 0.05) is 0 Å². The Morgan fingerprint density at radius 3 is 0.779 bits per heavy atom. The molecule has 2 aromatic carbocycles. The summed E-state index contributed by atoms with van der Waals surface area (Å²) in [4.78, 5) is 87.7. The lowest BCUT2D eigenvalue weighted by atomic mass is 9.94. The van der Waals surface area contributed by atoms with Gasteiger partial charge >= 0.3 is 11.9 Å². The molecule has 2 rings (SSSR count). The van der Waals surface area contributed by atoms with E-state index in [1.54, 1.807) is 76.2 Å². The second-order valence-corrected chi connectivity index (χ2v) is 24.1. The maximum Gasteiger partial charge on any atom is 0.373 e. The van der Waals surface area contributed by atoms with Crippen LogP contribution in [0, 0.1) is 11.8 Å². The van der Waals surface area contributed by atoms with Gasteiger partial charge < -0.3 is 0 Å². The molecule has 0 fully saturated rings. The topological polar surface area (TPSA) is 145 Å². The Labute approximate surface area is 410 Å². The summed E-state index contributed by atoms with van der Waals surface area (Å²) in [5.41, 5.74) is -4.21. The van der Waals surface area contributed by atoms with Crippen molar-refractivity contribution < 1.29 is 68.2 Å². The van der Waals surface area contributed by atoms with Gasteiger partial charge in [0.05, 0.1) is 44.7 Å². The van der Waals surface area contributed by atoms with Gasteiger partial charge in [0.1, 0.15) is 11.2 Å². The maximum atomic E-state index is 12.0. The van der Waals surface area contributed by atoms with Crippen LogP contribution in [0.25, 0.3) is 0 Å². The summed E-state index contributed by atoms with van der Waals surface area (Å²) < 4.78 is 0. The summed E-state index contributed by atoms with van der Waals surface area (Å²) in [5, 5.41) is 0. The van der Waals surface area contributed by atoms with Gasteiger partial charge in [0.2, 0.25) is 0 Å². The van der Waals surface area contributed by atoms with E-state index in [-0.39, 0.29) is 33.6 Å². The van der Waals surface area contributed by atoms with E-state index < -0.39 is 34.3 Å². The van der Waals surface area contributed by atoms with Gasteiger partial charge in [-0.15, -0.1) is 0 Å². The first kappa shape index (κ1) is 64.5. The van der Waals surface area contributed by atoms with Gasteiger partial charge in [-0.05, 0) is 216 Å². The number of benzene rings is 2. The van der Waals surface area contributed by atoms with Crippen LogP contribution in [-0.2, 0) is 58.7 Å². The molecule has 0 amide bonds. The summed E-state index contributed by atoms with van der Waals surface area (Å²) in [7, 11) is 0. The number of carbonyl (C=O) groups is 2. The molecular weight excluding hydrogens is 873 g/mol. The maximum absolute atomic E-state index is 12.0. The predicted molar refractivity (Wildman–Crippen MR) is 264 cm³/mol. The average Bonchev–Trinajstić information content (AvgIpc) is 3.20. The van der Waals surface area contributed by atoms with Gasteiger partial charge in [-0.1, -0.05) is 48.2 Å². The molecule has 0 saturated carbocycles. The third kappa shape index (κ3) is 35.6. The molecule has 0 saturated heterocycles. The summed E-state index contributed by atoms with van der Waals surface area (Å²) in [5.74, 6) is 4.90. The number of hydrogen-bond donors (Lipinski definition) is 0. The second-order valence-electron chi connectivity index (χ2n) is 24.1. The third-order valence-corrected chi connectivity index (χ3v) is 8.06. The van der Waals surface area contributed by atoms with E-state index in [4.69, 9.17) is 58.7 Å². The van der Waals surface area contributed by atoms with Crippen LogP contribution in [0.3, 0.4) is 0 Å². The molecule has 0 aliphatic rings. The van der Waals surface area contributed by atoms with E-state index in [2.05, 4.69) is 11.8 Å². The highest BCUT2D eigenvalue weighted by Gasteiger charge is 2.32. The fourth-order valence-corrected chi connectivity index (χ4v) is 4.19. The van der Waals surface area contributed by atoms with Gasteiger partial charge in [-0.25, -0.2) is 48.7 Å². The van der Waals surface area contributed by atoms with Gasteiger partial charge in [0.15, 0.2) is 11.2 Å². The minimum absolute atomic E-state index is 0.307. The number of carbonyl (C=O) groups excluding carboxylic acids is 2. The first-order valence-corrected chi connectivity index (χ1v) is 23.3. The largest absolute Gasteiger partial charge is 0.373 e. The van der Waals surface area contributed by atoms with Crippen LogP contribution in [0.15, 0.2) is 60.7 Å². The van der Waals surface area contributed by atoms with E-state index >= 15 is 0 Å². The molecule has 14 nitrogen and oxygen atoms in total. The number of hydrogen-bond acceptors (Lipinski definition) is 14. The standard InChI is InChI=1S/C22H26O6.C16H34O4.C16H30O4/c1-21(2,27-25-19(23)17-11-7-5-8-12-17)15-16-22(3,4)28-26-20(24)18-13-9-6-10-14-18;2*1-13(2,3)17-19-15(7,8)11-12-16(9,10)20-18-14(4,5)6/h5-14H,15-16H2,1-4H3;11-12H2,1-10H3;1-10H3. The van der Waals surface area contributed by atoms with Crippen molar-refractivity contribution >= 4 is 11.9 Å². The Kier molecular flexibility index (Phi) is 25.3. The molecule has 390 valence electrons. The molecule has 0 atom stereocenters. The Balaban J connectivity index is 0.00000102. The van der Waals surface area contributed by atoms with Crippen molar-refractivity contribution in [3.63, 3.8) is 0 Å². The Hall–Kier alpha value is -3.46. The molecule has 14 heteroatoms. The van der Waals surface area contributed by atoms with Crippen LogP contribution >= 0.6 is 0 Å². The van der Waals surface area contributed by atoms with E-state index in [9.17, 15) is 9.59 Å². The molecule has 0 aliphatic carbocycles. The molecular formula is C54H90O14. The molecule has 68 heavy (non-hydrogen) atoms. The molecule has 0 aliphatic heterocycles. The summed E-state index contributed by atoms with van der Waals surface area (Å²) in [6.07, 6.45) is 2.63. The zero-order valence-corrected chi connectivity index (χ0v) is 46.3. The molecule has 0 N–H and O–H groups in total. The summed E-state index contributed by atoms with van der Waals surface area (Å²) in [6, 6.07) is 17.2. The molecule has 0 spiro atoms. The van der Waals surface area contributed by atoms with Crippen LogP contribution < -0.4 is 0 Å². The van der Waals surface area contributed by atoms with Crippen LogP contribution in [0.2, 0.25) is 0 Å². The highest BCUT2D eigenvalue weighted by molar-refractivity contribution is 5.89. The minimum Gasteiger partial charge on any atom is -0.292 e. The molecule has 0 heterocycles. The first-order chi connectivity index (χ1) is 30.4. The van der Waals surface area contributed by atoms with E-state index in [0.29, 0.717) is 24.0 Å². The molecule has 2 aromatic rings. The minimum atomic E-state index is -0.742. The number of rotatable bonds is 20. The van der Waals surface area contributed by atoms with Gasteiger partial charge in [-0.3, -0.25) is 9.78 Å². The lowest BCUT2D eigenvalue weighted by Gasteiger charge is -2.33. The SMILES string of the molecule is CC(C)(C)OOC(C)(C)C#CC(C)(C)OOC(C)(C)C.CC(C)(C)OOC(C)(C)CCC(C)(C)OOC(C)(C)C.CC(C)(CCC(C)(C)OOC(=O)c1ccccc1)OOC(=O)c1ccccc1. The van der Waals surface area contributed by atoms with Gasteiger partial charge in [0.25, 0.3) is 0 Å². The van der Waals surface area contributed by atoms with E-state index in [0.717, 1.165) is 12.8 Å². The van der Waals surface area contributed by atoms with Crippen LogP contribution in [0.1, 0.15) is 213 Å². The highest BCUT2D eigenvalue weighted by atomic mass is 17.2. The fourth-order valence-electron chi connectivity index (χ4n) is 4.19. The fraction of sp³-hybridized carbons (Fsp3) is 0.704. The van der Waals surface area contributed by atoms with Gasteiger partial charge in [-0.2, -0.15) is 9.78 Å². The first-order valence-electron chi connectivity index (χ1n) is 23.3. The molecule has 0 bridgehead atoms. The quantitative estimate of drug-likeness (QED) is 0.0705. The van der Waals surface area contributed by atoms with Crippen molar-refractivity contribution in [1.82, 2.24) is 0 Å². The van der Waals surface area contributed by atoms with E-state index in [1.165, 1.54) is 0 Å². The smallest absolute Gasteiger partial charge is 0.292 e. The highest BCUT2D eigenvalue weighted by Crippen LogP contribution is 2.29. The van der Waals surface area contributed by atoms with Crippen LogP contribution in [0.5, 0.6) is 0 Å². The predicted octanol–water partition coefficient (Wildman–Crippen LogP) is 13.8. The zero-order chi connectivity index (χ0) is 53.1. The van der Waals surface area contributed by atoms with Crippen molar-refractivity contribution in [3.05, 3.63) is 71.8 Å². The van der Waals surface area contributed by atoms with Crippen molar-refractivity contribution in [2.24, 2.45) is 0 Å². The lowest BCUT2D eigenvalue weighted by Crippen LogP contribution is -2.35. The lowest BCUT2D eigenvalue weighted by molar-refractivity contribution is -0.410. The normalized spacial score (nSPS) is 13.2. The van der Waals surface area contributed by atoms with Crippen LogP contribution in [-0.4, -0.2) is 67.9 Å². The molecule has 0 radical (unpaired) electrons. The Bertz CT molecular complexity index is 1680. The monoisotopic (exact) mass is 963 g/mol. The Morgan fingerprint density at radius 2 is 0.544 bits per heavy atom. The molecule has 0 aromatic heterocycles. The van der Waals surface area contributed by atoms with Crippen molar-refractivity contribution in [1.29, 1.82) is 0 Å². The Morgan fingerprint density at radius 1 is 0.324 bits per heavy atom. The van der Waals surface area contributed by atoms with Crippen LogP contribution in [0.4, 0.5) is 0 Å². The van der Waals surface area contributed by atoms with Crippen molar-refractivity contribution in [2.75, 3.05) is 0 Å². The zero-order valence-electron chi connectivity index (χ0n) is 46.3. The average molecular weight is 963 g/mol. The van der Waals surface area contributed by atoms with E-state index in [1.807, 2.05) is 151 Å². The summed E-state index contributed by atoms with van der Waals surface area (Å²) in [6.45, 7) is 45.9. The molecule has 0 unspecified atom stereocenters. The van der Waals surface area contributed by atoms with Crippen molar-refractivity contribution in [3.8, 4) is 11.8 Å². The van der Waals surface area contributed by atoms with Crippen molar-refractivity contribution in [2.45, 2.75) is 248 Å². The second kappa shape index (κ2) is 26.7. The third-order valence-electron chi connectivity index (χ3n) is 8.06. The summed E-state index contributed by atoms with van der Waals surface area (Å²) >= 11 is 0.